The van der Waals surface area contributed by atoms with Crippen LogP contribution in [0.2, 0.25) is 0 Å². The van der Waals surface area contributed by atoms with Crippen molar-refractivity contribution in [3.63, 3.8) is 0 Å². The Labute approximate surface area is 189 Å². The standard InChI is InChI=1S/C21H15BrN4O6/c1-2-30-14-9-7-13(8-10-14)26-17(21(29)32-24-26)16-15-18(31-23-16)20(28)25(19(15)27)12-5-3-11(22)4-6-12/h3-10,15,18H,2H2,1H3/p+1. The Balaban J connectivity index is 1.51. The average Bonchev–Trinajstić information content (AvgIpc) is 3.45. The topological polar surface area (TPSA) is 118 Å². The molecule has 0 bridgehead atoms. The van der Waals surface area contributed by atoms with Gasteiger partial charge in [0, 0.05) is 16.6 Å². The highest BCUT2D eigenvalue weighted by Gasteiger charge is 2.59. The van der Waals surface area contributed by atoms with Crippen LogP contribution in [0.4, 0.5) is 5.69 Å². The molecule has 32 heavy (non-hydrogen) atoms. The van der Waals surface area contributed by atoms with E-state index in [9.17, 15) is 14.4 Å². The zero-order valence-electron chi connectivity index (χ0n) is 16.6. The molecule has 2 aliphatic heterocycles. The molecule has 1 N–H and O–H groups in total. The number of carbonyl (C=O) groups is 2. The SMILES string of the molecule is CCOc1ccc(-[n+]2[nH]oc(=O)c2C2=NOC3C(=O)N(c4ccc(Br)cc4)C(=O)C23)cc1. The number of ether oxygens (including phenoxy) is 1. The average molecular weight is 500 g/mol. The second-order valence-electron chi connectivity index (χ2n) is 7.06. The number of carbonyl (C=O) groups excluding carboxylic acids is 2. The van der Waals surface area contributed by atoms with E-state index in [2.05, 4.69) is 26.4 Å². The summed E-state index contributed by atoms with van der Waals surface area (Å²) in [6, 6.07) is 13.6. The number of anilines is 1. The Bertz CT molecular complexity index is 1300. The maximum absolute atomic E-state index is 13.2. The van der Waals surface area contributed by atoms with E-state index in [0.29, 0.717) is 23.7 Å². The number of amides is 2. The summed E-state index contributed by atoms with van der Waals surface area (Å²) in [4.78, 5) is 45.0. The van der Waals surface area contributed by atoms with Crippen molar-refractivity contribution in [1.29, 1.82) is 0 Å². The summed E-state index contributed by atoms with van der Waals surface area (Å²) in [5.41, 5.74) is 0.199. The van der Waals surface area contributed by atoms with Gasteiger partial charge in [-0.15, -0.1) is 0 Å². The van der Waals surface area contributed by atoms with Gasteiger partial charge in [-0.1, -0.05) is 21.1 Å². The Hall–Kier alpha value is -3.73. The van der Waals surface area contributed by atoms with Gasteiger partial charge in [0.05, 0.1) is 12.3 Å². The Morgan fingerprint density at radius 2 is 1.81 bits per heavy atom. The number of nitrogens with zero attached hydrogens (tertiary/aromatic N) is 3. The molecule has 2 atom stereocenters. The molecule has 3 heterocycles. The van der Waals surface area contributed by atoms with Gasteiger partial charge in [-0.25, -0.2) is 9.69 Å². The molecule has 0 aliphatic carbocycles. The van der Waals surface area contributed by atoms with Crippen molar-refractivity contribution in [2.45, 2.75) is 13.0 Å². The van der Waals surface area contributed by atoms with Crippen LogP contribution in [0.15, 0.2) is 67.5 Å². The molecule has 2 aromatic carbocycles. The first-order valence-corrected chi connectivity index (χ1v) is 10.5. The molecule has 10 nitrogen and oxygen atoms in total. The number of halogens is 1. The lowest BCUT2D eigenvalue weighted by Crippen LogP contribution is -2.44. The van der Waals surface area contributed by atoms with Gasteiger partial charge in [0.15, 0.2) is 5.71 Å². The number of hydrogen-bond acceptors (Lipinski definition) is 7. The first-order valence-electron chi connectivity index (χ1n) is 9.74. The van der Waals surface area contributed by atoms with Crippen molar-refractivity contribution in [2.75, 3.05) is 11.5 Å². The molecule has 11 heteroatoms. The fourth-order valence-electron chi connectivity index (χ4n) is 3.75. The number of aromatic nitrogens is 2. The minimum Gasteiger partial charge on any atom is -0.494 e. The van der Waals surface area contributed by atoms with Crippen LogP contribution in [0.1, 0.15) is 12.6 Å². The molecule has 0 saturated carbocycles. The highest BCUT2D eigenvalue weighted by molar-refractivity contribution is 9.10. The first kappa shape index (κ1) is 20.2. The summed E-state index contributed by atoms with van der Waals surface area (Å²) in [6.45, 7) is 2.39. The highest BCUT2D eigenvalue weighted by atomic mass is 79.9. The maximum atomic E-state index is 13.2. The predicted molar refractivity (Wildman–Crippen MR) is 114 cm³/mol. The third-order valence-corrected chi connectivity index (χ3v) is 5.72. The Morgan fingerprint density at radius 3 is 2.50 bits per heavy atom. The lowest BCUT2D eigenvalue weighted by atomic mass is 9.97. The minimum absolute atomic E-state index is 0.0249. The molecule has 2 amide bonds. The maximum Gasteiger partial charge on any atom is 0.437 e. The van der Waals surface area contributed by atoms with E-state index in [-0.39, 0.29) is 11.4 Å². The Kier molecular flexibility index (Phi) is 4.89. The number of rotatable bonds is 5. The lowest BCUT2D eigenvalue weighted by molar-refractivity contribution is -0.671. The number of H-pyrrole nitrogens is 1. The van der Waals surface area contributed by atoms with Crippen molar-refractivity contribution >= 4 is 39.1 Å². The third kappa shape index (κ3) is 3.12. The second-order valence-corrected chi connectivity index (χ2v) is 7.98. The van der Waals surface area contributed by atoms with Gasteiger partial charge in [0.25, 0.3) is 5.91 Å². The van der Waals surface area contributed by atoms with Gasteiger partial charge in [-0.2, -0.15) is 0 Å². The number of aromatic amines is 1. The smallest absolute Gasteiger partial charge is 0.437 e. The molecule has 2 aliphatic rings. The summed E-state index contributed by atoms with van der Waals surface area (Å²) in [5, 5.41) is 6.43. The molecule has 1 aromatic heterocycles. The molecule has 0 radical (unpaired) electrons. The fraction of sp³-hybridized carbons (Fsp3) is 0.190. The molecular formula is C21H16BrN4O6+. The van der Waals surface area contributed by atoms with E-state index in [0.717, 1.165) is 9.37 Å². The summed E-state index contributed by atoms with van der Waals surface area (Å²) in [5.74, 6) is -1.49. The number of fused-ring (bicyclic) bond motifs is 1. The van der Waals surface area contributed by atoms with Crippen LogP contribution in [-0.4, -0.2) is 35.5 Å². The summed E-state index contributed by atoms with van der Waals surface area (Å²) in [6.07, 6.45) is -1.15. The van der Waals surface area contributed by atoms with E-state index in [1.54, 1.807) is 48.5 Å². The van der Waals surface area contributed by atoms with Crippen LogP contribution in [0.25, 0.3) is 5.69 Å². The number of oxime groups is 1. The molecule has 3 aromatic rings. The van der Waals surface area contributed by atoms with Gasteiger partial charge in [-0.3, -0.25) is 14.1 Å². The number of imide groups is 1. The summed E-state index contributed by atoms with van der Waals surface area (Å²) >= 11 is 3.33. The van der Waals surface area contributed by atoms with Crippen molar-refractivity contribution < 1.29 is 28.4 Å². The molecule has 0 spiro atoms. The molecule has 5 rings (SSSR count). The van der Waals surface area contributed by atoms with E-state index in [1.807, 2.05) is 6.92 Å². The minimum atomic E-state index is -1.15. The van der Waals surface area contributed by atoms with E-state index in [4.69, 9.17) is 14.1 Å². The molecular weight excluding hydrogens is 484 g/mol. The normalized spacial score (nSPS) is 19.7. The van der Waals surface area contributed by atoms with Crippen LogP contribution >= 0.6 is 15.9 Å². The predicted octanol–water partition coefficient (Wildman–Crippen LogP) is 1.70. The molecule has 1 fully saturated rings. The van der Waals surface area contributed by atoms with Crippen molar-refractivity contribution in [3.05, 3.63) is 69.1 Å². The molecule has 162 valence electrons. The van der Waals surface area contributed by atoms with Gasteiger partial charge in [0.1, 0.15) is 11.7 Å². The summed E-state index contributed by atoms with van der Waals surface area (Å²) < 4.78 is 12.6. The monoisotopic (exact) mass is 499 g/mol. The van der Waals surface area contributed by atoms with Crippen LogP contribution in [0.5, 0.6) is 5.75 Å². The number of hydrogen-bond donors (Lipinski definition) is 1. The van der Waals surface area contributed by atoms with Crippen LogP contribution < -0.4 is 19.9 Å². The van der Waals surface area contributed by atoms with Crippen molar-refractivity contribution in [2.24, 2.45) is 11.1 Å². The Morgan fingerprint density at radius 1 is 1.09 bits per heavy atom. The third-order valence-electron chi connectivity index (χ3n) is 5.19. The molecule has 2 unspecified atom stereocenters. The quantitative estimate of drug-likeness (QED) is 0.421. The fourth-order valence-corrected chi connectivity index (χ4v) is 4.01. The highest BCUT2D eigenvalue weighted by Crippen LogP contribution is 2.34. The largest absolute Gasteiger partial charge is 0.494 e. The van der Waals surface area contributed by atoms with E-state index < -0.39 is 29.5 Å². The van der Waals surface area contributed by atoms with Gasteiger partial charge >= 0.3 is 11.3 Å². The zero-order chi connectivity index (χ0) is 22.4. The van der Waals surface area contributed by atoms with Gasteiger partial charge in [0.2, 0.25) is 17.7 Å². The molecule has 1 saturated heterocycles. The van der Waals surface area contributed by atoms with Gasteiger partial charge in [-0.05, 0) is 53.3 Å². The van der Waals surface area contributed by atoms with Crippen LogP contribution in [0, 0.1) is 5.92 Å². The lowest BCUT2D eigenvalue weighted by Gasteiger charge is -2.14. The van der Waals surface area contributed by atoms with Crippen molar-refractivity contribution in [3.8, 4) is 11.4 Å². The van der Waals surface area contributed by atoms with Crippen molar-refractivity contribution in [1.82, 2.24) is 5.27 Å². The van der Waals surface area contributed by atoms with E-state index in [1.165, 1.54) is 4.68 Å². The second kappa shape index (κ2) is 7.75. The zero-order valence-corrected chi connectivity index (χ0v) is 18.2. The number of benzene rings is 2. The number of nitrogens with one attached hydrogen (secondary N) is 1. The van der Waals surface area contributed by atoms with Crippen LogP contribution in [0.3, 0.4) is 0 Å². The summed E-state index contributed by atoms with van der Waals surface area (Å²) in [7, 11) is 0. The van der Waals surface area contributed by atoms with Gasteiger partial charge < -0.3 is 9.57 Å². The van der Waals surface area contributed by atoms with Crippen LogP contribution in [-0.2, 0) is 14.4 Å². The van der Waals surface area contributed by atoms with E-state index >= 15 is 0 Å². The first-order chi connectivity index (χ1) is 15.5.